The third-order valence-corrected chi connectivity index (χ3v) is 2.86. The van der Waals surface area contributed by atoms with Crippen molar-refractivity contribution < 1.29 is 14.7 Å². The van der Waals surface area contributed by atoms with Crippen LogP contribution in [0.4, 0.5) is 0 Å². The smallest absolute Gasteiger partial charge is 0.326 e. The second kappa shape index (κ2) is 4.21. The van der Waals surface area contributed by atoms with Crippen molar-refractivity contribution in [2.24, 2.45) is 11.3 Å². The summed E-state index contributed by atoms with van der Waals surface area (Å²) in [4.78, 5) is 22.6. The van der Waals surface area contributed by atoms with E-state index in [-0.39, 0.29) is 11.8 Å². The van der Waals surface area contributed by atoms with Gasteiger partial charge in [0, 0.05) is 5.41 Å². The molecular weight excluding hydrogens is 194 g/mol. The lowest BCUT2D eigenvalue weighted by Gasteiger charge is -2.33. The number of hydrogen-bond donors (Lipinski definition) is 2. The minimum atomic E-state index is -0.919. The molecule has 15 heavy (non-hydrogen) atoms. The lowest BCUT2D eigenvalue weighted by molar-refractivity contribution is -0.145. The number of hydrogen-bond acceptors (Lipinski definition) is 2. The summed E-state index contributed by atoms with van der Waals surface area (Å²) in [5.41, 5.74) is -0.530. The Morgan fingerprint density at radius 3 is 2.13 bits per heavy atom. The summed E-state index contributed by atoms with van der Waals surface area (Å²) in [5.74, 6) is -0.993. The summed E-state index contributed by atoms with van der Waals surface area (Å²) in [7, 11) is 0. The van der Waals surface area contributed by atoms with Gasteiger partial charge in [-0.3, -0.25) is 4.79 Å². The molecule has 0 aliphatic heterocycles. The minimum Gasteiger partial charge on any atom is -0.480 e. The molecule has 1 rings (SSSR count). The Morgan fingerprint density at radius 2 is 1.87 bits per heavy atom. The molecular formula is C11H19NO3. The topological polar surface area (TPSA) is 66.4 Å². The highest BCUT2D eigenvalue weighted by Crippen LogP contribution is 2.30. The standard InChI is InChI=1S/C11H19NO3/c1-11(2,3)10(15)12-8(9(13)14)7-5-4-6-7/h7-8H,4-6H2,1-3H3,(H,12,15)(H,13,14)/t8-/m0/s1. The highest BCUT2D eigenvalue weighted by atomic mass is 16.4. The monoisotopic (exact) mass is 213 g/mol. The van der Waals surface area contributed by atoms with Gasteiger partial charge < -0.3 is 10.4 Å². The molecule has 0 heterocycles. The van der Waals surface area contributed by atoms with Crippen molar-refractivity contribution in [3.8, 4) is 0 Å². The van der Waals surface area contributed by atoms with Gasteiger partial charge in [0.05, 0.1) is 0 Å². The Kier molecular flexibility index (Phi) is 3.37. The van der Waals surface area contributed by atoms with Gasteiger partial charge in [0.2, 0.25) is 5.91 Å². The fourth-order valence-electron chi connectivity index (χ4n) is 1.51. The first-order valence-electron chi connectivity index (χ1n) is 5.36. The molecule has 86 valence electrons. The number of nitrogens with one attached hydrogen (secondary N) is 1. The molecule has 0 saturated heterocycles. The highest BCUT2D eigenvalue weighted by molar-refractivity contribution is 5.86. The molecule has 0 aromatic rings. The molecule has 1 saturated carbocycles. The number of carbonyl (C=O) groups is 2. The van der Waals surface area contributed by atoms with Crippen LogP contribution in [-0.4, -0.2) is 23.0 Å². The minimum absolute atomic E-state index is 0.119. The van der Waals surface area contributed by atoms with Crippen LogP contribution >= 0.6 is 0 Å². The average molecular weight is 213 g/mol. The second-order valence-corrected chi connectivity index (χ2v) is 5.23. The van der Waals surface area contributed by atoms with E-state index in [1.165, 1.54) is 0 Å². The molecule has 0 spiro atoms. The summed E-state index contributed by atoms with van der Waals surface area (Å²) < 4.78 is 0. The maximum Gasteiger partial charge on any atom is 0.326 e. The zero-order chi connectivity index (χ0) is 11.6. The molecule has 0 aromatic heterocycles. The molecule has 1 atom stereocenters. The van der Waals surface area contributed by atoms with Crippen LogP contribution in [-0.2, 0) is 9.59 Å². The SMILES string of the molecule is CC(C)(C)C(=O)N[C@H](C(=O)O)C1CCC1. The zero-order valence-corrected chi connectivity index (χ0v) is 9.54. The largest absolute Gasteiger partial charge is 0.480 e. The first-order valence-corrected chi connectivity index (χ1v) is 5.36. The van der Waals surface area contributed by atoms with Crippen molar-refractivity contribution in [2.75, 3.05) is 0 Å². The molecule has 0 bridgehead atoms. The molecule has 0 radical (unpaired) electrons. The Labute approximate surface area is 90.0 Å². The number of carbonyl (C=O) groups excluding carboxylic acids is 1. The van der Waals surface area contributed by atoms with E-state index in [1.54, 1.807) is 20.8 Å². The van der Waals surface area contributed by atoms with Crippen molar-refractivity contribution >= 4 is 11.9 Å². The third-order valence-electron chi connectivity index (χ3n) is 2.86. The van der Waals surface area contributed by atoms with Gasteiger partial charge in [-0.1, -0.05) is 27.2 Å². The first kappa shape index (κ1) is 12.0. The quantitative estimate of drug-likeness (QED) is 0.744. The normalized spacial score (nSPS) is 19.1. The first-order chi connectivity index (χ1) is 6.82. The molecule has 4 nitrogen and oxygen atoms in total. The van der Waals surface area contributed by atoms with Gasteiger partial charge in [-0.2, -0.15) is 0 Å². The average Bonchev–Trinajstić information content (AvgIpc) is 1.97. The highest BCUT2D eigenvalue weighted by Gasteiger charge is 2.35. The van der Waals surface area contributed by atoms with Crippen LogP contribution in [0.3, 0.4) is 0 Å². The lowest BCUT2D eigenvalue weighted by Crippen LogP contribution is -2.51. The van der Waals surface area contributed by atoms with E-state index in [0.717, 1.165) is 19.3 Å². The molecule has 0 unspecified atom stereocenters. The number of carboxylic acids is 1. The molecule has 1 amide bonds. The fourth-order valence-corrected chi connectivity index (χ4v) is 1.51. The van der Waals surface area contributed by atoms with Crippen LogP contribution in [0.15, 0.2) is 0 Å². The van der Waals surface area contributed by atoms with Gasteiger partial charge in [0.15, 0.2) is 0 Å². The van der Waals surface area contributed by atoms with Crippen molar-refractivity contribution in [3.63, 3.8) is 0 Å². The number of aliphatic carboxylic acids is 1. The van der Waals surface area contributed by atoms with Crippen molar-refractivity contribution in [2.45, 2.75) is 46.1 Å². The molecule has 2 N–H and O–H groups in total. The van der Waals surface area contributed by atoms with Gasteiger partial charge in [-0.15, -0.1) is 0 Å². The van der Waals surface area contributed by atoms with E-state index in [4.69, 9.17) is 5.11 Å². The van der Waals surface area contributed by atoms with Crippen LogP contribution in [0.25, 0.3) is 0 Å². The molecule has 1 aliphatic rings. The third kappa shape index (κ3) is 2.94. The Balaban J connectivity index is 2.59. The van der Waals surface area contributed by atoms with Crippen LogP contribution in [0.1, 0.15) is 40.0 Å². The molecule has 0 aromatic carbocycles. The van der Waals surface area contributed by atoms with E-state index in [1.807, 2.05) is 0 Å². The van der Waals surface area contributed by atoms with E-state index >= 15 is 0 Å². The van der Waals surface area contributed by atoms with E-state index in [9.17, 15) is 9.59 Å². The van der Waals surface area contributed by atoms with Crippen LogP contribution < -0.4 is 5.32 Å². The molecule has 1 fully saturated rings. The van der Waals surface area contributed by atoms with Gasteiger partial charge in [0.25, 0.3) is 0 Å². The van der Waals surface area contributed by atoms with E-state index < -0.39 is 17.4 Å². The van der Waals surface area contributed by atoms with Crippen LogP contribution in [0.2, 0.25) is 0 Å². The van der Waals surface area contributed by atoms with Crippen LogP contribution in [0, 0.1) is 11.3 Å². The van der Waals surface area contributed by atoms with E-state index in [2.05, 4.69) is 5.32 Å². The summed E-state index contributed by atoms with van der Waals surface area (Å²) in [6.45, 7) is 5.34. The number of amides is 1. The number of carboxylic acid groups (broad SMARTS) is 1. The van der Waals surface area contributed by atoms with Gasteiger partial charge in [-0.05, 0) is 18.8 Å². The fraction of sp³-hybridized carbons (Fsp3) is 0.818. The molecule has 4 heteroatoms. The summed E-state index contributed by atoms with van der Waals surface area (Å²) in [5, 5.41) is 11.6. The second-order valence-electron chi connectivity index (χ2n) is 5.23. The lowest BCUT2D eigenvalue weighted by atomic mass is 9.79. The van der Waals surface area contributed by atoms with Crippen molar-refractivity contribution in [1.29, 1.82) is 0 Å². The van der Waals surface area contributed by atoms with Crippen LogP contribution in [0.5, 0.6) is 0 Å². The maximum absolute atomic E-state index is 11.6. The Bertz CT molecular complexity index is 263. The zero-order valence-electron chi connectivity index (χ0n) is 9.54. The van der Waals surface area contributed by atoms with Crippen molar-refractivity contribution in [3.05, 3.63) is 0 Å². The van der Waals surface area contributed by atoms with Crippen molar-refractivity contribution in [1.82, 2.24) is 5.32 Å². The predicted octanol–water partition coefficient (Wildman–Crippen LogP) is 1.40. The van der Waals surface area contributed by atoms with Gasteiger partial charge >= 0.3 is 5.97 Å². The van der Waals surface area contributed by atoms with Gasteiger partial charge in [0.1, 0.15) is 6.04 Å². The maximum atomic E-state index is 11.6. The predicted molar refractivity (Wildman–Crippen MR) is 56.4 cm³/mol. The summed E-state index contributed by atoms with van der Waals surface area (Å²) in [6.07, 6.45) is 2.88. The Hall–Kier alpha value is -1.06. The Morgan fingerprint density at radius 1 is 1.33 bits per heavy atom. The molecule has 1 aliphatic carbocycles. The summed E-state index contributed by atoms with van der Waals surface area (Å²) in [6, 6.07) is -0.703. The van der Waals surface area contributed by atoms with Gasteiger partial charge in [-0.25, -0.2) is 4.79 Å². The summed E-state index contributed by atoms with van der Waals surface area (Å²) >= 11 is 0. The van der Waals surface area contributed by atoms with E-state index in [0.29, 0.717) is 0 Å². The number of rotatable bonds is 3.